The number of nitrogens with zero attached hydrogens (tertiary/aromatic N) is 3. The minimum absolute atomic E-state index is 0.0921. The monoisotopic (exact) mass is 693 g/mol. The third-order valence-electron chi connectivity index (χ3n) is 7.75. The molecule has 2 N–H and O–H groups in total. The molecule has 1 fully saturated rings. The highest BCUT2D eigenvalue weighted by Crippen LogP contribution is 2.32. The predicted octanol–water partition coefficient (Wildman–Crippen LogP) is 5.53. The third kappa shape index (κ3) is 9.42. The fourth-order valence-corrected chi connectivity index (χ4v) is 6.05. The van der Waals surface area contributed by atoms with E-state index >= 15 is 0 Å². The van der Waals surface area contributed by atoms with Gasteiger partial charge in [0, 0.05) is 29.7 Å². The molecule has 260 valence electrons. The van der Waals surface area contributed by atoms with E-state index in [1.165, 1.54) is 22.9 Å². The molecule has 1 aliphatic rings. The van der Waals surface area contributed by atoms with Crippen LogP contribution in [0.5, 0.6) is 0 Å². The van der Waals surface area contributed by atoms with Crippen LogP contribution >= 0.6 is 0 Å². The van der Waals surface area contributed by atoms with E-state index in [0.29, 0.717) is 16.6 Å². The first-order valence-corrected chi connectivity index (χ1v) is 17.8. The summed E-state index contributed by atoms with van der Waals surface area (Å²) in [6.07, 6.45) is 3.76. The van der Waals surface area contributed by atoms with Gasteiger partial charge in [0.05, 0.1) is 42.7 Å². The Morgan fingerprint density at radius 3 is 2.35 bits per heavy atom. The number of carbonyl (C=O) groups excluding carboxylic acids is 3. The number of hydrogen-bond acceptors (Lipinski definition) is 9. The molecule has 4 aromatic rings. The first-order chi connectivity index (χ1) is 23.2. The number of amides is 2. The standard InChI is InChI=1S/C35H40FN5O7S/c1-35(2,3)48-31(42)22-24-20-25(36)13-14-27(24)37-33(43)23-12-15-30(40-16-8-5-9-17-40)28(21-23)38-34(44)32-26-10-6-7-11-29(26)41(39-32)18-19-47-49(4,45)46/h6-7,10-15,20-21H,5,8-9,16-19,22H2,1-4H3,(H,37,43)(H,38,44). The van der Waals surface area contributed by atoms with Gasteiger partial charge in [-0.15, -0.1) is 0 Å². The molecule has 0 aliphatic carbocycles. The largest absolute Gasteiger partial charge is 0.460 e. The summed E-state index contributed by atoms with van der Waals surface area (Å²) < 4.78 is 48.9. The summed E-state index contributed by atoms with van der Waals surface area (Å²) in [4.78, 5) is 42.1. The highest BCUT2D eigenvalue weighted by molar-refractivity contribution is 7.85. The summed E-state index contributed by atoms with van der Waals surface area (Å²) in [7, 11) is -3.66. The van der Waals surface area contributed by atoms with E-state index in [9.17, 15) is 27.2 Å². The minimum Gasteiger partial charge on any atom is -0.460 e. The highest BCUT2D eigenvalue weighted by Gasteiger charge is 2.23. The lowest BCUT2D eigenvalue weighted by Gasteiger charge is -2.30. The van der Waals surface area contributed by atoms with Gasteiger partial charge >= 0.3 is 5.97 Å². The van der Waals surface area contributed by atoms with Crippen LogP contribution in [-0.2, 0) is 36.8 Å². The average molecular weight is 694 g/mol. The second-order valence-corrected chi connectivity index (χ2v) is 14.5. The van der Waals surface area contributed by atoms with Gasteiger partial charge in [-0.05, 0) is 88.1 Å². The summed E-state index contributed by atoms with van der Waals surface area (Å²) in [5, 5.41) is 10.8. The zero-order valence-corrected chi connectivity index (χ0v) is 28.7. The summed E-state index contributed by atoms with van der Waals surface area (Å²) >= 11 is 0. The Labute approximate surface area is 284 Å². The van der Waals surface area contributed by atoms with Crippen LogP contribution in [0.2, 0.25) is 0 Å². The summed E-state index contributed by atoms with van der Waals surface area (Å²) in [6, 6.07) is 15.9. The van der Waals surface area contributed by atoms with Crippen molar-refractivity contribution in [2.75, 3.05) is 41.5 Å². The lowest BCUT2D eigenvalue weighted by Crippen LogP contribution is -2.30. The number of benzene rings is 3. The molecule has 3 aromatic carbocycles. The molecular weight excluding hydrogens is 653 g/mol. The molecule has 0 saturated carbocycles. The zero-order valence-electron chi connectivity index (χ0n) is 27.9. The summed E-state index contributed by atoms with van der Waals surface area (Å²) in [5.74, 6) is -2.18. The number of nitrogens with one attached hydrogen (secondary N) is 2. The normalized spacial score (nSPS) is 13.7. The SMILES string of the molecule is CC(C)(C)OC(=O)Cc1cc(F)ccc1NC(=O)c1ccc(N2CCCCC2)c(NC(=O)c2nn(CCOS(C)(=O)=O)c3ccccc23)c1. The van der Waals surface area contributed by atoms with Crippen molar-refractivity contribution in [1.82, 2.24) is 9.78 Å². The molecule has 49 heavy (non-hydrogen) atoms. The van der Waals surface area contributed by atoms with E-state index in [1.807, 2.05) is 0 Å². The average Bonchev–Trinajstić information content (AvgIpc) is 3.40. The number of esters is 1. The first kappa shape index (κ1) is 35.5. The Kier molecular flexibility index (Phi) is 10.7. The number of hydrogen-bond donors (Lipinski definition) is 2. The molecule has 12 nitrogen and oxygen atoms in total. The van der Waals surface area contributed by atoms with Gasteiger partial charge in [0.2, 0.25) is 0 Å². The quantitative estimate of drug-likeness (QED) is 0.153. The number of para-hydroxylation sites is 1. The Morgan fingerprint density at radius 2 is 1.63 bits per heavy atom. The number of halogens is 1. The third-order valence-corrected chi connectivity index (χ3v) is 8.34. The highest BCUT2D eigenvalue weighted by atomic mass is 32.2. The number of fused-ring (bicyclic) bond motifs is 1. The second kappa shape index (κ2) is 14.7. The lowest BCUT2D eigenvalue weighted by atomic mass is 10.1. The second-order valence-electron chi connectivity index (χ2n) is 12.9. The van der Waals surface area contributed by atoms with Crippen LogP contribution in [0.3, 0.4) is 0 Å². The van der Waals surface area contributed by atoms with Gasteiger partial charge in [0.1, 0.15) is 11.4 Å². The van der Waals surface area contributed by atoms with E-state index in [4.69, 9.17) is 8.92 Å². The summed E-state index contributed by atoms with van der Waals surface area (Å²) in [5.41, 5.74) is 1.86. The number of piperidine rings is 1. The molecular formula is C35H40FN5O7S. The van der Waals surface area contributed by atoms with Crippen molar-refractivity contribution in [3.63, 3.8) is 0 Å². The van der Waals surface area contributed by atoms with E-state index in [1.54, 1.807) is 63.2 Å². The molecule has 2 amide bonds. The van der Waals surface area contributed by atoms with Crippen LogP contribution in [0, 0.1) is 5.82 Å². The van der Waals surface area contributed by atoms with Gasteiger partial charge < -0.3 is 20.3 Å². The molecule has 14 heteroatoms. The fraction of sp³-hybridized carbons (Fsp3) is 0.371. The number of aromatic nitrogens is 2. The first-order valence-electron chi connectivity index (χ1n) is 16.0. The molecule has 0 radical (unpaired) electrons. The van der Waals surface area contributed by atoms with Crippen LogP contribution < -0.4 is 15.5 Å². The van der Waals surface area contributed by atoms with Gasteiger partial charge in [-0.2, -0.15) is 13.5 Å². The van der Waals surface area contributed by atoms with Crippen molar-refractivity contribution in [3.05, 3.63) is 83.3 Å². The smallest absolute Gasteiger partial charge is 0.310 e. The predicted molar refractivity (Wildman–Crippen MR) is 185 cm³/mol. The number of rotatable bonds is 11. The molecule has 5 rings (SSSR count). The lowest BCUT2D eigenvalue weighted by molar-refractivity contribution is -0.153. The fourth-order valence-electron chi connectivity index (χ4n) is 5.67. The molecule has 1 aliphatic heterocycles. The molecule has 0 spiro atoms. The number of carbonyl (C=O) groups is 3. The van der Waals surface area contributed by atoms with Crippen LogP contribution in [0.1, 0.15) is 66.4 Å². The van der Waals surface area contributed by atoms with Crippen molar-refractivity contribution in [2.24, 2.45) is 0 Å². The van der Waals surface area contributed by atoms with Crippen molar-refractivity contribution in [1.29, 1.82) is 0 Å². The topological polar surface area (TPSA) is 149 Å². The zero-order chi connectivity index (χ0) is 35.3. The molecule has 1 saturated heterocycles. The van der Waals surface area contributed by atoms with Gasteiger partial charge in [-0.1, -0.05) is 18.2 Å². The van der Waals surface area contributed by atoms with E-state index < -0.39 is 39.3 Å². The Bertz CT molecular complexity index is 1980. The van der Waals surface area contributed by atoms with E-state index in [-0.39, 0.29) is 42.1 Å². The molecule has 0 bridgehead atoms. The summed E-state index contributed by atoms with van der Waals surface area (Å²) in [6.45, 7) is 6.67. The van der Waals surface area contributed by atoms with E-state index in [0.717, 1.165) is 44.3 Å². The Morgan fingerprint density at radius 1 is 0.918 bits per heavy atom. The Balaban J connectivity index is 1.43. The maximum Gasteiger partial charge on any atom is 0.310 e. The maximum absolute atomic E-state index is 14.2. The maximum atomic E-state index is 14.2. The van der Waals surface area contributed by atoms with Gasteiger partial charge in [0.25, 0.3) is 21.9 Å². The Hall–Kier alpha value is -4.82. The van der Waals surface area contributed by atoms with Crippen LogP contribution in [0.15, 0.2) is 60.7 Å². The number of ether oxygens (including phenoxy) is 1. The van der Waals surface area contributed by atoms with Crippen LogP contribution in [0.25, 0.3) is 10.9 Å². The van der Waals surface area contributed by atoms with E-state index in [2.05, 4.69) is 20.6 Å². The van der Waals surface area contributed by atoms with Crippen molar-refractivity contribution in [3.8, 4) is 0 Å². The van der Waals surface area contributed by atoms with Crippen LogP contribution in [-0.4, -0.2) is 67.5 Å². The molecule has 2 heterocycles. The van der Waals surface area contributed by atoms with Gasteiger partial charge in [-0.3, -0.25) is 23.2 Å². The van der Waals surface area contributed by atoms with Crippen LogP contribution in [0.4, 0.5) is 21.5 Å². The molecule has 0 unspecified atom stereocenters. The minimum atomic E-state index is -3.66. The van der Waals surface area contributed by atoms with Crippen molar-refractivity contribution >= 4 is 55.9 Å². The molecule has 0 atom stereocenters. The van der Waals surface area contributed by atoms with Gasteiger partial charge in [-0.25, -0.2) is 4.39 Å². The van der Waals surface area contributed by atoms with Crippen molar-refractivity contribution < 1.29 is 36.1 Å². The number of anilines is 3. The van der Waals surface area contributed by atoms with Gasteiger partial charge in [0.15, 0.2) is 5.69 Å². The van der Waals surface area contributed by atoms with Crippen molar-refractivity contribution in [2.45, 2.75) is 58.6 Å². The molecule has 1 aromatic heterocycles.